The number of benzene rings is 2. The van der Waals surface area contributed by atoms with Crippen LogP contribution in [0.5, 0.6) is 11.5 Å². The van der Waals surface area contributed by atoms with Gasteiger partial charge in [-0.15, -0.1) is 5.10 Å². The maximum atomic E-state index is 11.9. The second kappa shape index (κ2) is 17.7. The Morgan fingerprint density at radius 2 is 1.60 bits per heavy atom. The van der Waals surface area contributed by atoms with Crippen molar-refractivity contribution in [3.63, 3.8) is 0 Å². The van der Waals surface area contributed by atoms with Crippen LogP contribution in [0.4, 0.5) is 22.4 Å². The number of hydrogen-bond donors (Lipinski definition) is 3. The molecule has 0 radical (unpaired) electrons. The highest BCUT2D eigenvalue weighted by molar-refractivity contribution is 5.67. The lowest BCUT2D eigenvalue weighted by Gasteiger charge is -2.34. The molecule has 55 heavy (non-hydrogen) atoms. The number of nitrogens with zero attached hydrogens (tertiary/aromatic N) is 8. The molecule has 14 heteroatoms. The molecule has 1 aliphatic rings. The van der Waals surface area contributed by atoms with Gasteiger partial charge in [0.1, 0.15) is 23.4 Å². The number of amides is 1. The summed E-state index contributed by atoms with van der Waals surface area (Å²) in [5, 5.41) is 29.6. The van der Waals surface area contributed by atoms with Crippen LogP contribution in [0.15, 0.2) is 67.0 Å². The van der Waals surface area contributed by atoms with Gasteiger partial charge in [-0.1, -0.05) is 37.6 Å². The molecule has 2 aromatic carbocycles. The van der Waals surface area contributed by atoms with Crippen molar-refractivity contribution in [1.29, 1.82) is 0 Å². The lowest BCUT2D eigenvalue weighted by atomic mass is 9.96. The summed E-state index contributed by atoms with van der Waals surface area (Å²) in [7, 11) is 4.93. The summed E-state index contributed by atoms with van der Waals surface area (Å²) >= 11 is 0. The molecule has 2 atom stereocenters. The van der Waals surface area contributed by atoms with E-state index in [0.29, 0.717) is 54.2 Å². The van der Waals surface area contributed by atoms with Crippen molar-refractivity contribution >= 4 is 29.3 Å². The van der Waals surface area contributed by atoms with Gasteiger partial charge in [0.25, 0.3) is 0 Å². The van der Waals surface area contributed by atoms with Crippen molar-refractivity contribution in [1.82, 2.24) is 29.5 Å². The fraction of sp³-hybridized carbons (Fsp3) is 0.439. The molecule has 1 fully saturated rings. The van der Waals surface area contributed by atoms with Gasteiger partial charge < -0.3 is 39.7 Å². The summed E-state index contributed by atoms with van der Waals surface area (Å²) < 4.78 is 12.5. The Morgan fingerprint density at radius 1 is 0.982 bits per heavy atom. The number of fused-ring (bicyclic) bond motifs is 1. The molecule has 1 aliphatic heterocycles. The average Bonchev–Trinajstić information content (AvgIpc) is 3.62. The van der Waals surface area contributed by atoms with E-state index in [2.05, 4.69) is 29.0 Å². The quantitative estimate of drug-likeness (QED) is 0.100. The third-order valence-corrected chi connectivity index (χ3v) is 10.3. The van der Waals surface area contributed by atoms with Crippen LogP contribution < -0.4 is 24.6 Å². The third kappa shape index (κ3) is 9.37. The van der Waals surface area contributed by atoms with E-state index in [4.69, 9.17) is 29.5 Å². The van der Waals surface area contributed by atoms with Gasteiger partial charge in [0.2, 0.25) is 5.95 Å². The van der Waals surface area contributed by atoms with Gasteiger partial charge in [-0.2, -0.15) is 4.98 Å². The maximum Gasteiger partial charge on any atom is 0.407 e. The van der Waals surface area contributed by atoms with Gasteiger partial charge >= 0.3 is 6.09 Å². The summed E-state index contributed by atoms with van der Waals surface area (Å²) in [4.78, 5) is 31.8. The highest BCUT2D eigenvalue weighted by Crippen LogP contribution is 2.32. The van der Waals surface area contributed by atoms with Crippen molar-refractivity contribution in [2.75, 3.05) is 56.0 Å². The van der Waals surface area contributed by atoms with Crippen molar-refractivity contribution in [3.8, 4) is 11.5 Å². The number of methoxy groups -OCH3 is 2. The van der Waals surface area contributed by atoms with Crippen LogP contribution in [0.1, 0.15) is 73.6 Å². The highest BCUT2D eigenvalue weighted by atomic mass is 16.5. The molecule has 1 saturated heterocycles. The number of anilines is 3. The van der Waals surface area contributed by atoms with Crippen LogP contribution in [0.3, 0.4) is 0 Å². The first-order chi connectivity index (χ1) is 26.6. The summed E-state index contributed by atoms with van der Waals surface area (Å²) in [6.45, 7) is 9.41. The smallest absolute Gasteiger partial charge is 0.407 e. The summed E-state index contributed by atoms with van der Waals surface area (Å²) in [5.74, 6) is 3.80. The molecule has 1 unspecified atom stereocenters. The predicted octanol–water partition coefficient (Wildman–Crippen LogP) is 6.56. The number of piperidine rings is 1. The zero-order valence-electron chi connectivity index (χ0n) is 32.6. The SMILES string of the molecule is CCC[C@H](C)Nc1nc(N(Cc2ccc(OC)cc2)Cc2ccc(OC)cc2)c2ncc(C(O)c3cnc(N4CCC(CN(C)C(=O)O)CC4)c(C)c3)n2n1. The molecular weight excluding hydrogens is 699 g/mol. The number of ether oxygens (including phenoxy) is 2. The van der Waals surface area contributed by atoms with Crippen molar-refractivity contribution in [3.05, 3.63) is 94.9 Å². The van der Waals surface area contributed by atoms with E-state index < -0.39 is 12.2 Å². The molecule has 1 amide bonds. The minimum atomic E-state index is -1.06. The van der Waals surface area contributed by atoms with Crippen molar-refractivity contribution < 1.29 is 24.5 Å². The van der Waals surface area contributed by atoms with E-state index in [1.165, 1.54) is 4.90 Å². The van der Waals surface area contributed by atoms with E-state index in [1.807, 2.05) is 61.5 Å². The average molecular weight is 752 g/mol. The Labute approximate surface area is 322 Å². The van der Waals surface area contributed by atoms with Gasteiger partial charge in [0.15, 0.2) is 11.5 Å². The molecule has 0 spiro atoms. The van der Waals surface area contributed by atoms with Crippen molar-refractivity contribution in [2.24, 2.45) is 5.92 Å². The number of aryl methyl sites for hydroxylation is 1. The number of nitrogens with one attached hydrogen (secondary N) is 1. The number of imidazole rings is 1. The fourth-order valence-corrected chi connectivity index (χ4v) is 7.21. The maximum absolute atomic E-state index is 11.9. The molecular formula is C41H53N9O5. The van der Waals surface area contributed by atoms with Crippen LogP contribution in [0, 0.1) is 12.8 Å². The van der Waals surface area contributed by atoms with Crippen LogP contribution in [0.2, 0.25) is 0 Å². The first kappa shape index (κ1) is 39.1. The molecule has 3 aromatic heterocycles. The lowest BCUT2D eigenvalue weighted by molar-refractivity contribution is 0.145. The second-order valence-electron chi connectivity index (χ2n) is 14.5. The normalized spacial score (nSPS) is 14.4. The molecule has 0 bridgehead atoms. The first-order valence-electron chi connectivity index (χ1n) is 18.9. The molecule has 0 saturated carbocycles. The predicted molar refractivity (Wildman–Crippen MR) is 213 cm³/mol. The number of aliphatic hydroxyl groups excluding tert-OH is 1. The Balaban J connectivity index is 1.33. The molecule has 3 N–H and O–H groups in total. The summed E-state index contributed by atoms with van der Waals surface area (Å²) in [5.41, 5.74) is 4.71. The Bertz CT molecular complexity index is 1980. The van der Waals surface area contributed by atoms with Gasteiger partial charge in [0, 0.05) is 57.6 Å². The van der Waals surface area contributed by atoms with Gasteiger partial charge in [-0.25, -0.2) is 19.3 Å². The molecule has 14 nitrogen and oxygen atoms in total. The standard InChI is InChI=1S/C41H53N9O5/c1-7-8-28(3)44-40-45-39(49(25-29-9-13-33(54-5)14-10-29)26-30-11-15-34(55-6)16-12-30)38-43-23-35(50(38)46-40)36(51)32-21-27(2)37(42-22-32)48-19-17-31(18-20-48)24-47(4)41(52)53/h9-16,21-23,28,31,36,51H,7-8,17-20,24-26H2,1-6H3,(H,44,46)(H,52,53)/t28-,36?/m0/s1. The van der Waals surface area contributed by atoms with E-state index in [9.17, 15) is 15.0 Å². The van der Waals surface area contributed by atoms with Crippen molar-refractivity contribution in [2.45, 2.75) is 71.7 Å². The lowest BCUT2D eigenvalue weighted by Crippen LogP contribution is -2.39. The van der Waals surface area contributed by atoms with E-state index in [-0.39, 0.29) is 6.04 Å². The van der Waals surface area contributed by atoms with Crippen LogP contribution in [0.25, 0.3) is 5.65 Å². The zero-order valence-corrected chi connectivity index (χ0v) is 32.6. The third-order valence-electron chi connectivity index (χ3n) is 10.3. The fourth-order valence-electron chi connectivity index (χ4n) is 7.21. The topological polar surface area (TPSA) is 154 Å². The van der Waals surface area contributed by atoms with Crippen LogP contribution >= 0.6 is 0 Å². The summed E-state index contributed by atoms with van der Waals surface area (Å²) in [6.07, 6.45) is 5.13. The van der Waals surface area contributed by atoms with Crippen LogP contribution in [-0.2, 0) is 13.1 Å². The van der Waals surface area contributed by atoms with Gasteiger partial charge in [0.05, 0.1) is 26.1 Å². The molecule has 4 heterocycles. The number of aliphatic hydroxyl groups is 1. The highest BCUT2D eigenvalue weighted by Gasteiger charge is 2.27. The van der Waals surface area contributed by atoms with Gasteiger partial charge in [-0.05, 0) is 86.1 Å². The number of aromatic nitrogens is 5. The monoisotopic (exact) mass is 751 g/mol. The van der Waals surface area contributed by atoms with E-state index >= 15 is 0 Å². The molecule has 292 valence electrons. The minimum Gasteiger partial charge on any atom is -0.497 e. The molecule has 6 rings (SSSR count). The van der Waals surface area contributed by atoms with Crippen LogP contribution in [-0.4, -0.2) is 92.7 Å². The number of hydrogen-bond acceptors (Lipinski definition) is 11. The number of pyridine rings is 1. The second-order valence-corrected chi connectivity index (χ2v) is 14.5. The minimum absolute atomic E-state index is 0.117. The largest absolute Gasteiger partial charge is 0.497 e. The molecule has 5 aromatic rings. The first-order valence-corrected chi connectivity index (χ1v) is 18.9. The Morgan fingerprint density at radius 3 is 2.15 bits per heavy atom. The number of carboxylic acid groups (broad SMARTS) is 1. The number of rotatable bonds is 16. The Kier molecular flexibility index (Phi) is 12.6. The van der Waals surface area contributed by atoms with E-state index in [1.54, 1.807) is 38.2 Å². The Hall–Kier alpha value is -5.63. The molecule has 0 aliphatic carbocycles. The van der Waals surface area contributed by atoms with E-state index in [0.717, 1.165) is 72.8 Å². The summed E-state index contributed by atoms with van der Waals surface area (Å²) in [6, 6.07) is 18.1. The van der Waals surface area contributed by atoms with Gasteiger partial charge in [-0.3, -0.25) is 0 Å². The zero-order chi connectivity index (χ0) is 39.1. The number of carbonyl (C=O) groups is 1.